The van der Waals surface area contributed by atoms with Crippen LogP contribution in [0.2, 0.25) is 5.02 Å². The summed E-state index contributed by atoms with van der Waals surface area (Å²) in [6.45, 7) is 0. The monoisotopic (exact) mass is 264 g/mol. The largest absolute Gasteiger partial charge is 0.352 e. The average molecular weight is 266 g/mol. The van der Waals surface area contributed by atoms with Gasteiger partial charge < -0.3 is 9.47 Å². The first kappa shape index (κ1) is 11.0. The topological polar surface area (TPSA) is 18.5 Å². The van der Waals surface area contributed by atoms with Crippen LogP contribution >= 0.6 is 27.5 Å². The number of ether oxygens (including phenoxy) is 2. The molecule has 0 heterocycles. The molecule has 0 amide bonds. The van der Waals surface area contributed by atoms with Crippen LogP contribution in [-0.2, 0) is 9.47 Å². The van der Waals surface area contributed by atoms with E-state index in [0.717, 1.165) is 10.0 Å². The maximum Gasteiger partial charge on any atom is 0.183 e. The predicted octanol–water partition coefficient (Wildman–Crippen LogP) is 3.39. The summed E-state index contributed by atoms with van der Waals surface area (Å²) in [5.41, 5.74) is 0.893. The van der Waals surface area contributed by atoms with Gasteiger partial charge in [-0.1, -0.05) is 27.5 Å². The summed E-state index contributed by atoms with van der Waals surface area (Å²) < 4.78 is 11.1. The molecule has 0 atom stereocenters. The maximum absolute atomic E-state index is 5.87. The highest BCUT2D eigenvalue weighted by atomic mass is 79.9. The number of rotatable bonds is 3. The van der Waals surface area contributed by atoms with E-state index < -0.39 is 0 Å². The van der Waals surface area contributed by atoms with Crippen molar-refractivity contribution in [3.05, 3.63) is 33.3 Å². The molecule has 0 aliphatic heterocycles. The van der Waals surface area contributed by atoms with Gasteiger partial charge in [-0.3, -0.25) is 0 Å². The number of hydrogen-bond acceptors (Lipinski definition) is 2. The lowest BCUT2D eigenvalue weighted by Crippen LogP contribution is -2.03. The first-order valence-electron chi connectivity index (χ1n) is 3.69. The van der Waals surface area contributed by atoms with E-state index in [0.29, 0.717) is 5.02 Å². The van der Waals surface area contributed by atoms with E-state index in [-0.39, 0.29) is 6.29 Å². The average Bonchev–Trinajstić information content (AvgIpc) is 2.04. The van der Waals surface area contributed by atoms with E-state index in [1.165, 1.54) is 0 Å². The minimum atomic E-state index is -0.366. The fourth-order valence-electron chi connectivity index (χ4n) is 1.08. The molecule has 0 aliphatic rings. The van der Waals surface area contributed by atoms with Crippen molar-refractivity contribution in [2.75, 3.05) is 14.2 Å². The Morgan fingerprint density at radius 3 is 2.31 bits per heavy atom. The Morgan fingerprint density at radius 1 is 1.23 bits per heavy atom. The van der Waals surface area contributed by atoms with Gasteiger partial charge in [0.1, 0.15) is 0 Å². The molecular formula is C9H10BrClO2. The summed E-state index contributed by atoms with van der Waals surface area (Å²) in [6, 6.07) is 5.53. The molecule has 0 saturated heterocycles. The highest BCUT2D eigenvalue weighted by molar-refractivity contribution is 9.10. The Balaban J connectivity index is 2.99. The van der Waals surface area contributed by atoms with Gasteiger partial charge in [-0.25, -0.2) is 0 Å². The van der Waals surface area contributed by atoms with Crippen LogP contribution in [0.3, 0.4) is 0 Å². The minimum Gasteiger partial charge on any atom is -0.352 e. The van der Waals surface area contributed by atoms with Crippen LogP contribution in [-0.4, -0.2) is 14.2 Å². The van der Waals surface area contributed by atoms with E-state index in [1.807, 2.05) is 18.2 Å². The maximum atomic E-state index is 5.87. The third kappa shape index (κ3) is 2.95. The second-order valence-corrected chi connectivity index (χ2v) is 3.86. The third-order valence-corrected chi connectivity index (χ3v) is 2.26. The molecule has 0 saturated carbocycles. The zero-order valence-electron chi connectivity index (χ0n) is 7.38. The Hall–Kier alpha value is -0.0900. The highest BCUT2D eigenvalue weighted by Crippen LogP contribution is 2.25. The van der Waals surface area contributed by atoms with E-state index in [4.69, 9.17) is 21.1 Å². The third-order valence-electron chi connectivity index (χ3n) is 1.59. The number of benzene rings is 1. The molecule has 13 heavy (non-hydrogen) atoms. The van der Waals surface area contributed by atoms with Crippen LogP contribution < -0.4 is 0 Å². The lowest BCUT2D eigenvalue weighted by molar-refractivity contribution is -0.106. The van der Waals surface area contributed by atoms with Crippen LogP contribution in [0.4, 0.5) is 0 Å². The van der Waals surface area contributed by atoms with Crippen LogP contribution in [0, 0.1) is 0 Å². The molecule has 4 heteroatoms. The summed E-state index contributed by atoms with van der Waals surface area (Å²) in [5, 5.41) is 0.656. The molecule has 2 nitrogen and oxygen atoms in total. The molecule has 0 fully saturated rings. The van der Waals surface area contributed by atoms with Gasteiger partial charge >= 0.3 is 0 Å². The van der Waals surface area contributed by atoms with Gasteiger partial charge in [0.05, 0.1) is 0 Å². The molecule has 1 aromatic carbocycles. The highest BCUT2D eigenvalue weighted by Gasteiger charge is 2.09. The first-order valence-corrected chi connectivity index (χ1v) is 4.86. The summed E-state index contributed by atoms with van der Waals surface area (Å²) >= 11 is 9.21. The van der Waals surface area contributed by atoms with Crippen molar-refractivity contribution in [2.45, 2.75) is 6.29 Å². The fourth-order valence-corrected chi connectivity index (χ4v) is 1.97. The van der Waals surface area contributed by atoms with Crippen molar-refractivity contribution in [1.29, 1.82) is 0 Å². The molecule has 1 rings (SSSR count). The lowest BCUT2D eigenvalue weighted by atomic mass is 10.2. The molecule has 1 aromatic rings. The molecule has 0 spiro atoms. The van der Waals surface area contributed by atoms with Crippen LogP contribution in [0.1, 0.15) is 11.9 Å². The predicted molar refractivity (Wildman–Crippen MR) is 55.9 cm³/mol. The molecule has 0 radical (unpaired) electrons. The van der Waals surface area contributed by atoms with Crippen molar-refractivity contribution in [2.24, 2.45) is 0 Å². The van der Waals surface area contributed by atoms with Crippen molar-refractivity contribution >= 4 is 27.5 Å². The summed E-state index contributed by atoms with van der Waals surface area (Å²) in [6.07, 6.45) is -0.366. The van der Waals surface area contributed by atoms with E-state index in [2.05, 4.69) is 15.9 Å². The van der Waals surface area contributed by atoms with Gasteiger partial charge in [0.2, 0.25) is 0 Å². The van der Waals surface area contributed by atoms with Crippen LogP contribution in [0.25, 0.3) is 0 Å². The Kier molecular flexibility index (Phi) is 4.19. The van der Waals surface area contributed by atoms with Crippen molar-refractivity contribution in [1.82, 2.24) is 0 Å². The molecule has 0 aromatic heterocycles. The van der Waals surface area contributed by atoms with Crippen LogP contribution in [0.5, 0.6) is 0 Å². The number of hydrogen-bond donors (Lipinski definition) is 0. The normalized spacial score (nSPS) is 10.8. The van der Waals surface area contributed by atoms with Gasteiger partial charge in [-0.15, -0.1) is 0 Å². The van der Waals surface area contributed by atoms with Crippen LogP contribution in [0.15, 0.2) is 22.7 Å². The van der Waals surface area contributed by atoms with Crippen molar-refractivity contribution in [3.63, 3.8) is 0 Å². The summed E-state index contributed by atoms with van der Waals surface area (Å²) in [7, 11) is 3.17. The second kappa shape index (κ2) is 4.96. The van der Waals surface area contributed by atoms with Gasteiger partial charge in [0, 0.05) is 29.3 Å². The Labute approximate surface area is 90.9 Å². The zero-order chi connectivity index (χ0) is 9.84. The minimum absolute atomic E-state index is 0.366. The molecular weight excluding hydrogens is 255 g/mol. The summed E-state index contributed by atoms with van der Waals surface area (Å²) in [5.74, 6) is 0. The van der Waals surface area contributed by atoms with Gasteiger partial charge in [-0.2, -0.15) is 0 Å². The van der Waals surface area contributed by atoms with E-state index in [9.17, 15) is 0 Å². The van der Waals surface area contributed by atoms with E-state index in [1.54, 1.807) is 14.2 Å². The van der Waals surface area contributed by atoms with Crippen molar-refractivity contribution < 1.29 is 9.47 Å². The number of methoxy groups -OCH3 is 2. The zero-order valence-corrected chi connectivity index (χ0v) is 9.72. The van der Waals surface area contributed by atoms with E-state index >= 15 is 0 Å². The number of halogens is 2. The molecule has 0 aliphatic carbocycles. The molecule has 0 N–H and O–H groups in total. The lowest BCUT2D eigenvalue weighted by Gasteiger charge is -2.13. The molecule has 0 bridgehead atoms. The molecule has 0 unspecified atom stereocenters. The SMILES string of the molecule is COC(OC)c1cc(Cl)cc(Br)c1. The van der Waals surface area contributed by atoms with Crippen molar-refractivity contribution in [3.8, 4) is 0 Å². The quantitative estimate of drug-likeness (QED) is 0.780. The second-order valence-electron chi connectivity index (χ2n) is 2.51. The van der Waals surface area contributed by atoms with Gasteiger partial charge in [-0.05, 0) is 18.2 Å². The van der Waals surface area contributed by atoms with Gasteiger partial charge in [0.25, 0.3) is 0 Å². The smallest absolute Gasteiger partial charge is 0.183 e. The Morgan fingerprint density at radius 2 is 1.85 bits per heavy atom. The first-order chi connectivity index (χ1) is 6.17. The standard InChI is InChI=1S/C9H10BrClO2/c1-12-9(13-2)6-3-7(10)5-8(11)4-6/h3-5,9H,1-2H3. The Bertz CT molecular complexity index is 267. The summed E-state index contributed by atoms with van der Waals surface area (Å²) in [4.78, 5) is 0. The molecule has 72 valence electrons. The van der Waals surface area contributed by atoms with Gasteiger partial charge in [0.15, 0.2) is 6.29 Å². The fraction of sp³-hybridized carbons (Fsp3) is 0.333.